The summed E-state index contributed by atoms with van der Waals surface area (Å²) >= 11 is 0. The predicted molar refractivity (Wildman–Crippen MR) is 68.5 cm³/mol. The van der Waals surface area contributed by atoms with E-state index in [0.29, 0.717) is 5.41 Å². The summed E-state index contributed by atoms with van der Waals surface area (Å²) in [7, 11) is 1.78. The predicted octanol–water partition coefficient (Wildman–Crippen LogP) is 1.72. The molecule has 0 amide bonds. The molecule has 16 heavy (non-hydrogen) atoms. The van der Waals surface area contributed by atoms with Crippen molar-refractivity contribution in [3.8, 4) is 0 Å². The number of hydrogen-bond donors (Lipinski definition) is 1. The van der Waals surface area contributed by atoms with Crippen LogP contribution >= 0.6 is 0 Å². The van der Waals surface area contributed by atoms with Crippen molar-refractivity contribution >= 4 is 0 Å². The van der Waals surface area contributed by atoms with Gasteiger partial charge in [-0.2, -0.15) is 0 Å². The van der Waals surface area contributed by atoms with E-state index in [4.69, 9.17) is 10.5 Å². The molecule has 0 aliphatic carbocycles. The molecule has 0 spiro atoms. The van der Waals surface area contributed by atoms with Crippen LogP contribution in [0, 0.1) is 11.3 Å². The van der Waals surface area contributed by atoms with Gasteiger partial charge in [0.2, 0.25) is 0 Å². The largest absolute Gasteiger partial charge is 0.385 e. The second-order valence-corrected chi connectivity index (χ2v) is 5.67. The Balaban J connectivity index is 2.35. The number of nitrogens with two attached hydrogens (primary N) is 1. The average Bonchev–Trinajstić information content (AvgIpc) is 2.22. The molecule has 0 bridgehead atoms. The van der Waals surface area contributed by atoms with Crippen LogP contribution in [0.4, 0.5) is 0 Å². The lowest BCUT2D eigenvalue weighted by atomic mass is 9.72. The summed E-state index contributed by atoms with van der Waals surface area (Å²) in [5.41, 5.74) is 6.10. The van der Waals surface area contributed by atoms with Crippen LogP contribution in [0.15, 0.2) is 0 Å². The van der Waals surface area contributed by atoms with Crippen LogP contribution in [0.1, 0.15) is 33.1 Å². The molecule has 0 radical (unpaired) electrons. The Bertz CT molecular complexity index is 194. The van der Waals surface area contributed by atoms with E-state index in [1.54, 1.807) is 7.11 Å². The van der Waals surface area contributed by atoms with E-state index >= 15 is 0 Å². The fraction of sp³-hybridized carbons (Fsp3) is 1.00. The Hall–Kier alpha value is -0.120. The maximum absolute atomic E-state index is 5.68. The topological polar surface area (TPSA) is 38.5 Å². The maximum Gasteiger partial charge on any atom is 0.0474 e. The third-order valence-corrected chi connectivity index (χ3v) is 3.87. The van der Waals surface area contributed by atoms with Crippen LogP contribution in [0.3, 0.4) is 0 Å². The molecule has 1 atom stereocenters. The zero-order valence-corrected chi connectivity index (χ0v) is 11.2. The van der Waals surface area contributed by atoms with E-state index in [9.17, 15) is 0 Å². The summed E-state index contributed by atoms with van der Waals surface area (Å²) in [4.78, 5) is 2.58. The summed E-state index contributed by atoms with van der Waals surface area (Å²) in [6.07, 6.45) is 3.63. The molecular formula is C13H28N2O. The van der Waals surface area contributed by atoms with E-state index in [1.807, 2.05) is 0 Å². The van der Waals surface area contributed by atoms with Crippen molar-refractivity contribution in [1.82, 2.24) is 4.90 Å². The van der Waals surface area contributed by atoms with E-state index in [0.717, 1.165) is 25.5 Å². The van der Waals surface area contributed by atoms with Crippen molar-refractivity contribution in [2.75, 3.05) is 39.9 Å². The van der Waals surface area contributed by atoms with E-state index < -0.39 is 0 Å². The van der Waals surface area contributed by atoms with Gasteiger partial charge < -0.3 is 15.4 Å². The first-order valence-electron chi connectivity index (χ1n) is 6.51. The summed E-state index contributed by atoms with van der Waals surface area (Å²) in [5.74, 6) is 0.802. The van der Waals surface area contributed by atoms with Gasteiger partial charge in [-0.1, -0.05) is 13.8 Å². The zero-order valence-electron chi connectivity index (χ0n) is 11.2. The highest BCUT2D eigenvalue weighted by atomic mass is 16.5. The number of rotatable bonds is 6. The second-order valence-electron chi connectivity index (χ2n) is 5.67. The van der Waals surface area contributed by atoms with Crippen LogP contribution in [0.2, 0.25) is 0 Å². The number of nitrogens with zero attached hydrogens (tertiary/aromatic N) is 1. The number of hydrogen-bond acceptors (Lipinski definition) is 3. The Morgan fingerprint density at radius 1 is 1.44 bits per heavy atom. The molecule has 0 aromatic carbocycles. The van der Waals surface area contributed by atoms with E-state index in [2.05, 4.69) is 18.7 Å². The van der Waals surface area contributed by atoms with Gasteiger partial charge in [0.15, 0.2) is 0 Å². The molecule has 1 saturated heterocycles. The first kappa shape index (κ1) is 13.9. The second kappa shape index (κ2) is 6.58. The molecule has 1 heterocycles. The summed E-state index contributed by atoms with van der Waals surface area (Å²) in [6, 6.07) is 0. The fourth-order valence-corrected chi connectivity index (χ4v) is 2.87. The summed E-state index contributed by atoms with van der Waals surface area (Å²) in [5, 5.41) is 0. The molecule has 96 valence electrons. The van der Waals surface area contributed by atoms with Gasteiger partial charge in [-0.05, 0) is 43.7 Å². The molecule has 1 unspecified atom stereocenters. The van der Waals surface area contributed by atoms with Gasteiger partial charge in [0.25, 0.3) is 0 Å². The van der Waals surface area contributed by atoms with Gasteiger partial charge in [-0.25, -0.2) is 0 Å². The smallest absolute Gasteiger partial charge is 0.0474 e. The highest BCUT2D eigenvalue weighted by molar-refractivity contribution is 4.87. The molecule has 1 aliphatic rings. The lowest BCUT2D eigenvalue weighted by molar-refractivity contribution is 0.0463. The fourth-order valence-electron chi connectivity index (χ4n) is 2.87. The quantitative estimate of drug-likeness (QED) is 0.704. The van der Waals surface area contributed by atoms with Crippen LogP contribution in [0.25, 0.3) is 0 Å². The highest BCUT2D eigenvalue weighted by Gasteiger charge is 2.34. The number of likely N-dealkylation sites (tertiary alicyclic amines) is 1. The normalized spacial score (nSPS) is 25.9. The monoisotopic (exact) mass is 228 g/mol. The minimum absolute atomic E-state index is 0.421. The molecule has 1 rings (SSSR count). The van der Waals surface area contributed by atoms with Gasteiger partial charge in [-0.15, -0.1) is 0 Å². The molecule has 1 fully saturated rings. The summed E-state index contributed by atoms with van der Waals surface area (Å²) in [6.45, 7) is 10.1. The van der Waals surface area contributed by atoms with Crippen molar-refractivity contribution in [3.05, 3.63) is 0 Å². The number of methoxy groups -OCH3 is 1. The Kier molecular flexibility index (Phi) is 5.73. The lowest BCUT2D eigenvalue weighted by Crippen LogP contribution is -2.46. The van der Waals surface area contributed by atoms with E-state index in [1.165, 1.54) is 32.5 Å². The van der Waals surface area contributed by atoms with Crippen LogP contribution in [0.5, 0.6) is 0 Å². The van der Waals surface area contributed by atoms with Crippen molar-refractivity contribution in [2.24, 2.45) is 17.1 Å². The first-order valence-corrected chi connectivity index (χ1v) is 6.51. The Morgan fingerprint density at radius 3 is 2.75 bits per heavy atom. The summed E-state index contributed by atoms with van der Waals surface area (Å²) < 4.78 is 5.10. The zero-order chi connectivity index (χ0) is 12.0. The molecular weight excluding hydrogens is 200 g/mol. The minimum Gasteiger partial charge on any atom is -0.385 e. The van der Waals surface area contributed by atoms with Gasteiger partial charge >= 0.3 is 0 Å². The van der Waals surface area contributed by atoms with Crippen LogP contribution in [-0.4, -0.2) is 44.8 Å². The van der Waals surface area contributed by atoms with Gasteiger partial charge in [0, 0.05) is 26.8 Å². The first-order chi connectivity index (χ1) is 7.60. The Morgan fingerprint density at radius 2 is 2.19 bits per heavy atom. The van der Waals surface area contributed by atoms with Gasteiger partial charge in [0.05, 0.1) is 0 Å². The molecule has 1 aliphatic heterocycles. The third-order valence-electron chi connectivity index (χ3n) is 3.87. The minimum atomic E-state index is 0.421. The number of piperidine rings is 1. The molecule has 0 aromatic rings. The van der Waals surface area contributed by atoms with Crippen LogP contribution < -0.4 is 5.73 Å². The molecule has 3 heteroatoms. The van der Waals surface area contributed by atoms with Gasteiger partial charge in [-0.3, -0.25) is 0 Å². The maximum atomic E-state index is 5.68. The van der Waals surface area contributed by atoms with E-state index in [-0.39, 0.29) is 0 Å². The van der Waals surface area contributed by atoms with Crippen molar-refractivity contribution in [3.63, 3.8) is 0 Å². The molecule has 3 nitrogen and oxygen atoms in total. The van der Waals surface area contributed by atoms with Gasteiger partial charge in [0.1, 0.15) is 0 Å². The number of ether oxygens (including phenoxy) is 1. The lowest BCUT2D eigenvalue weighted by Gasteiger charge is -2.44. The average molecular weight is 228 g/mol. The van der Waals surface area contributed by atoms with Crippen molar-refractivity contribution in [1.29, 1.82) is 0 Å². The Labute approximate surface area is 100 Å². The third kappa shape index (κ3) is 4.04. The SMILES string of the molecule is COCCCN1CCC(CCN)C(C)(C)C1. The van der Waals surface area contributed by atoms with Crippen molar-refractivity contribution < 1.29 is 4.74 Å². The molecule has 0 aromatic heterocycles. The molecule has 0 saturated carbocycles. The highest BCUT2D eigenvalue weighted by Crippen LogP contribution is 2.36. The van der Waals surface area contributed by atoms with Crippen molar-refractivity contribution in [2.45, 2.75) is 33.1 Å². The van der Waals surface area contributed by atoms with Crippen LogP contribution in [-0.2, 0) is 4.74 Å². The standard InChI is InChI=1S/C13H28N2O/c1-13(2)11-15(8-4-10-16-3)9-6-12(13)5-7-14/h12H,4-11,14H2,1-3H3. The molecule has 2 N–H and O–H groups in total.